The molecule has 0 aliphatic rings. The molecule has 0 aliphatic carbocycles. The molecular weight excluding hydrogens is 426 g/mol. The fourth-order valence-corrected chi connectivity index (χ4v) is 3.95. The first-order valence-corrected chi connectivity index (χ1v) is 11.3. The molecule has 1 aromatic heterocycles. The molecule has 4 rings (SSSR count). The van der Waals surface area contributed by atoms with Crippen molar-refractivity contribution < 1.29 is 12.8 Å². The first kappa shape index (κ1) is 21.3. The lowest BCUT2D eigenvalue weighted by Crippen LogP contribution is -2.14. The van der Waals surface area contributed by atoms with Crippen LogP contribution in [0.5, 0.6) is 0 Å². The molecule has 3 aromatic carbocycles. The molecule has 0 radical (unpaired) electrons. The van der Waals surface area contributed by atoms with E-state index in [1.165, 1.54) is 6.21 Å². The summed E-state index contributed by atoms with van der Waals surface area (Å²) in [6.07, 6.45) is 1.47. The number of nitrogens with zero attached hydrogens (tertiary/aromatic N) is 3. The van der Waals surface area contributed by atoms with Crippen molar-refractivity contribution in [1.82, 2.24) is 10.2 Å². The second-order valence-corrected chi connectivity index (χ2v) is 8.84. The van der Waals surface area contributed by atoms with Gasteiger partial charge in [-0.15, -0.1) is 5.10 Å². The van der Waals surface area contributed by atoms with Crippen LogP contribution in [0.15, 0.2) is 87.2 Å². The molecule has 0 unspecified atom stereocenters. The topological polar surface area (TPSA) is 109 Å². The van der Waals surface area contributed by atoms with Crippen LogP contribution < -0.4 is 10.1 Å². The van der Waals surface area contributed by atoms with Crippen LogP contribution in [0.3, 0.4) is 0 Å². The average molecular weight is 448 g/mol. The van der Waals surface area contributed by atoms with Crippen LogP contribution in [-0.4, -0.2) is 24.8 Å². The summed E-state index contributed by atoms with van der Waals surface area (Å²) in [4.78, 5) is 0.183. The maximum atomic E-state index is 12.7. The number of anilines is 2. The van der Waals surface area contributed by atoms with Crippen molar-refractivity contribution in [3.8, 4) is 11.5 Å². The van der Waals surface area contributed by atoms with E-state index in [1.807, 2.05) is 38.1 Å². The van der Waals surface area contributed by atoms with Gasteiger partial charge in [-0.05, 0) is 44.2 Å². The third-order valence-corrected chi connectivity index (χ3v) is 6.01. The maximum absolute atomic E-state index is 12.7. The quantitative estimate of drug-likeness (QED) is 0.316. The van der Waals surface area contributed by atoms with E-state index in [-0.39, 0.29) is 10.9 Å². The highest BCUT2D eigenvalue weighted by atomic mass is 32.2. The molecule has 0 fully saturated rings. The van der Waals surface area contributed by atoms with E-state index >= 15 is 0 Å². The summed E-state index contributed by atoms with van der Waals surface area (Å²) in [5.41, 5.74) is 6.55. The van der Waals surface area contributed by atoms with Crippen LogP contribution in [0.25, 0.3) is 11.5 Å². The molecule has 1 heterocycles. The van der Waals surface area contributed by atoms with Crippen molar-refractivity contribution in [2.24, 2.45) is 5.10 Å². The van der Waals surface area contributed by atoms with Gasteiger partial charge in [0.2, 0.25) is 5.89 Å². The predicted molar refractivity (Wildman–Crippen MR) is 124 cm³/mol. The molecule has 2 N–H and O–H groups in total. The fourth-order valence-electron chi connectivity index (χ4n) is 2.86. The van der Waals surface area contributed by atoms with Gasteiger partial charge < -0.3 is 4.42 Å². The van der Waals surface area contributed by atoms with Gasteiger partial charge in [-0.1, -0.05) is 58.7 Å². The van der Waals surface area contributed by atoms with Crippen LogP contribution in [0.1, 0.15) is 16.7 Å². The average Bonchev–Trinajstić information content (AvgIpc) is 3.24. The molecule has 0 amide bonds. The summed E-state index contributed by atoms with van der Waals surface area (Å²) < 4.78 is 33.6. The standard InChI is InChI=1S/C23H21N5O3S/c1-16-7-11-18(12-8-16)22-25-27-23(31-22)26-24-15-19-5-3-4-6-21(19)28-32(29,30)20-13-9-17(2)10-14-20/h3-15,28H,1-2H3,(H,26,27). The smallest absolute Gasteiger partial charge is 0.336 e. The third-order valence-electron chi connectivity index (χ3n) is 4.62. The van der Waals surface area contributed by atoms with Gasteiger partial charge in [0.05, 0.1) is 16.8 Å². The van der Waals surface area contributed by atoms with Crippen LogP contribution in [0.2, 0.25) is 0 Å². The van der Waals surface area contributed by atoms with E-state index in [0.717, 1.165) is 16.7 Å². The highest BCUT2D eigenvalue weighted by Crippen LogP contribution is 2.21. The summed E-state index contributed by atoms with van der Waals surface area (Å²) >= 11 is 0. The number of hydrogen-bond donors (Lipinski definition) is 2. The Bertz CT molecular complexity index is 1350. The van der Waals surface area contributed by atoms with Gasteiger partial charge in [-0.2, -0.15) is 5.10 Å². The highest BCUT2D eigenvalue weighted by molar-refractivity contribution is 7.92. The molecular formula is C23H21N5O3S. The monoisotopic (exact) mass is 447 g/mol. The number of nitrogens with one attached hydrogen (secondary N) is 2. The first-order valence-electron chi connectivity index (χ1n) is 9.79. The maximum Gasteiger partial charge on any atom is 0.336 e. The van der Waals surface area contributed by atoms with E-state index < -0.39 is 10.0 Å². The number of rotatable bonds is 7. The largest absolute Gasteiger partial charge is 0.402 e. The van der Waals surface area contributed by atoms with Crippen molar-refractivity contribution in [2.75, 3.05) is 10.1 Å². The van der Waals surface area contributed by atoms with E-state index in [4.69, 9.17) is 4.42 Å². The summed E-state index contributed by atoms with van der Waals surface area (Å²) in [5.74, 6) is 0.369. The summed E-state index contributed by atoms with van der Waals surface area (Å²) in [6, 6.07) is 21.4. The second kappa shape index (κ2) is 9.03. The number of aromatic nitrogens is 2. The lowest BCUT2D eigenvalue weighted by molar-refractivity contribution is 0.583. The molecule has 162 valence electrons. The molecule has 9 heteroatoms. The lowest BCUT2D eigenvalue weighted by Gasteiger charge is -2.10. The van der Waals surface area contributed by atoms with Crippen LogP contribution >= 0.6 is 0 Å². The molecule has 4 aromatic rings. The van der Waals surface area contributed by atoms with Crippen molar-refractivity contribution in [1.29, 1.82) is 0 Å². The van der Waals surface area contributed by atoms with Gasteiger partial charge in [0.25, 0.3) is 10.0 Å². The van der Waals surface area contributed by atoms with Crippen LogP contribution in [-0.2, 0) is 10.0 Å². The third kappa shape index (κ3) is 5.01. The van der Waals surface area contributed by atoms with E-state index in [9.17, 15) is 8.42 Å². The minimum Gasteiger partial charge on any atom is -0.402 e. The van der Waals surface area contributed by atoms with Gasteiger partial charge in [-0.3, -0.25) is 4.72 Å². The predicted octanol–water partition coefficient (Wildman–Crippen LogP) is 4.60. The Morgan fingerprint density at radius 3 is 2.25 bits per heavy atom. The Kier molecular flexibility index (Phi) is 6.00. The van der Waals surface area contributed by atoms with E-state index in [2.05, 4.69) is 25.4 Å². The second-order valence-electron chi connectivity index (χ2n) is 7.15. The van der Waals surface area contributed by atoms with Crippen molar-refractivity contribution in [2.45, 2.75) is 18.7 Å². The Morgan fingerprint density at radius 2 is 1.53 bits per heavy atom. The van der Waals surface area contributed by atoms with Crippen molar-refractivity contribution in [3.05, 3.63) is 89.5 Å². The van der Waals surface area contributed by atoms with Gasteiger partial charge in [0.1, 0.15) is 0 Å². The molecule has 8 nitrogen and oxygen atoms in total. The van der Waals surface area contributed by atoms with Crippen molar-refractivity contribution in [3.63, 3.8) is 0 Å². The van der Waals surface area contributed by atoms with Crippen LogP contribution in [0, 0.1) is 13.8 Å². The number of hydrazone groups is 1. The number of sulfonamides is 1. The normalized spacial score (nSPS) is 11.6. The molecule has 0 saturated carbocycles. The zero-order valence-electron chi connectivity index (χ0n) is 17.5. The Morgan fingerprint density at radius 1 is 0.875 bits per heavy atom. The van der Waals surface area contributed by atoms with Crippen LogP contribution in [0.4, 0.5) is 11.7 Å². The molecule has 0 bridgehead atoms. The summed E-state index contributed by atoms with van der Waals surface area (Å²) in [6.45, 7) is 3.90. The summed E-state index contributed by atoms with van der Waals surface area (Å²) in [7, 11) is -3.73. The van der Waals surface area contributed by atoms with Crippen molar-refractivity contribution >= 4 is 27.9 Å². The zero-order chi connectivity index (χ0) is 22.6. The van der Waals surface area contributed by atoms with Gasteiger partial charge in [0.15, 0.2) is 0 Å². The Balaban J connectivity index is 1.47. The van der Waals surface area contributed by atoms with Gasteiger partial charge in [0, 0.05) is 11.1 Å². The minimum atomic E-state index is -3.73. The lowest BCUT2D eigenvalue weighted by atomic mass is 10.1. The molecule has 0 spiro atoms. The van der Waals surface area contributed by atoms with E-state index in [1.54, 1.807) is 48.5 Å². The van der Waals surface area contributed by atoms with Gasteiger partial charge in [-0.25, -0.2) is 13.8 Å². The molecule has 0 saturated heterocycles. The summed E-state index contributed by atoms with van der Waals surface area (Å²) in [5, 5.41) is 12.0. The SMILES string of the molecule is Cc1ccc(-c2nnc(NN=Cc3ccccc3NS(=O)(=O)c3ccc(C)cc3)o2)cc1. The molecule has 32 heavy (non-hydrogen) atoms. The number of aryl methyl sites for hydroxylation is 2. The number of para-hydroxylation sites is 1. The van der Waals surface area contributed by atoms with Gasteiger partial charge >= 0.3 is 6.01 Å². The van der Waals surface area contributed by atoms with E-state index in [0.29, 0.717) is 17.1 Å². The molecule has 0 atom stereocenters. The Hall–Kier alpha value is -3.98. The highest BCUT2D eigenvalue weighted by Gasteiger charge is 2.15. The minimum absolute atomic E-state index is 0.120. The zero-order valence-corrected chi connectivity index (χ0v) is 18.3. The molecule has 0 aliphatic heterocycles. The fraction of sp³-hybridized carbons (Fsp3) is 0.0870. The number of benzene rings is 3. The first-order chi connectivity index (χ1) is 15.4. The Labute approximate surface area is 186 Å². The number of hydrogen-bond acceptors (Lipinski definition) is 7.